The van der Waals surface area contributed by atoms with Crippen molar-refractivity contribution in [3.8, 4) is 0 Å². The van der Waals surface area contributed by atoms with E-state index in [-0.39, 0.29) is 23.3 Å². The van der Waals surface area contributed by atoms with Crippen LogP contribution in [0.5, 0.6) is 0 Å². The molecular weight excluding hydrogens is 354 g/mol. The number of aromatic nitrogens is 2. The first-order valence-corrected chi connectivity index (χ1v) is 10.5. The van der Waals surface area contributed by atoms with Gasteiger partial charge in [-0.1, -0.05) is 37.6 Å². The fraction of sp³-hybridized carbons (Fsp3) is 0.500. The zero-order valence-electron chi connectivity index (χ0n) is 15.2. The minimum atomic E-state index is -3.25. The molecular formula is C18H23N3O4S. The van der Waals surface area contributed by atoms with Crippen LogP contribution >= 0.6 is 0 Å². The minimum absolute atomic E-state index is 0.0971. The van der Waals surface area contributed by atoms with Gasteiger partial charge in [0.2, 0.25) is 11.8 Å². The molecule has 1 N–H and O–H groups in total. The molecule has 3 rings (SSSR count). The van der Waals surface area contributed by atoms with Crippen molar-refractivity contribution >= 4 is 15.7 Å². The largest absolute Gasteiger partial charge is 0.346 e. The van der Waals surface area contributed by atoms with Gasteiger partial charge in [-0.15, -0.1) is 0 Å². The summed E-state index contributed by atoms with van der Waals surface area (Å²) in [5, 5.41) is 6.77. The number of amides is 1. The molecule has 1 amide bonds. The summed E-state index contributed by atoms with van der Waals surface area (Å²) in [7, 11) is -3.25. The summed E-state index contributed by atoms with van der Waals surface area (Å²) >= 11 is 0. The van der Waals surface area contributed by atoms with E-state index in [4.69, 9.17) is 4.52 Å². The molecule has 0 unspecified atom stereocenters. The first-order valence-electron chi connectivity index (χ1n) is 8.64. The van der Waals surface area contributed by atoms with Gasteiger partial charge in [-0.2, -0.15) is 4.98 Å². The van der Waals surface area contributed by atoms with Crippen molar-refractivity contribution in [1.29, 1.82) is 0 Å². The smallest absolute Gasteiger partial charge is 0.246 e. The van der Waals surface area contributed by atoms with E-state index in [1.165, 1.54) is 6.26 Å². The van der Waals surface area contributed by atoms with Crippen molar-refractivity contribution in [2.75, 3.05) is 6.26 Å². The SMILES string of the molecule is CC(C)c1noc(CNC(=O)C2(c3ccc(S(C)(=O)=O)cc3)CCC2)n1. The highest BCUT2D eigenvalue weighted by atomic mass is 32.2. The normalized spacial score (nSPS) is 16.3. The Bertz CT molecular complexity index is 897. The summed E-state index contributed by atoms with van der Waals surface area (Å²) in [4.78, 5) is 17.3. The molecule has 0 saturated heterocycles. The molecule has 8 heteroatoms. The molecule has 140 valence electrons. The molecule has 0 atom stereocenters. The van der Waals surface area contributed by atoms with E-state index in [0.717, 1.165) is 24.8 Å². The second-order valence-electron chi connectivity index (χ2n) is 7.12. The molecule has 0 radical (unpaired) electrons. The van der Waals surface area contributed by atoms with Gasteiger partial charge < -0.3 is 9.84 Å². The predicted molar refractivity (Wildman–Crippen MR) is 95.3 cm³/mol. The van der Waals surface area contributed by atoms with E-state index in [1.807, 2.05) is 13.8 Å². The Hall–Kier alpha value is -2.22. The van der Waals surface area contributed by atoms with Gasteiger partial charge in [0.1, 0.15) is 0 Å². The van der Waals surface area contributed by atoms with Gasteiger partial charge in [0.05, 0.1) is 16.9 Å². The lowest BCUT2D eigenvalue weighted by Gasteiger charge is -2.40. The van der Waals surface area contributed by atoms with Crippen LogP contribution in [0.2, 0.25) is 0 Å². The summed E-state index contributed by atoms with van der Waals surface area (Å²) in [5.41, 5.74) is 0.221. The van der Waals surface area contributed by atoms with Crippen molar-refractivity contribution in [2.45, 2.75) is 55.9 Å². The van der Waals surface area contributed by atoms with Crippen molar-refractivity contribution in [1.82, 2.24) is 15.5 Å². The highest BCUT2D eigenvalue weighted by molar-refractivity contribution is 7.90. The molecule has 0 bridgehead atoms. The lowest BCUT2D eigenvalue weighted by molar-refractivity contribution is -0.130. The number of rotatable bonds is 6. The summed E-state index contributed by atoms with van der Waals surface area (Å²) in [6.45, 7) is 4.12. The summed E-state index contributed by atoms with van der Waals surface area (Å²) in [5.74, 6) is 1.06. The third-order valence-electron chi connectivity index (χ3n) is 4.88. The van der Waals surface area contributed by atoms with Crippen molar-refractivity contribution < 1.29 is 17.7 Å². The summed E-state index contributed by atoms with van der Waals surface area (Å²) < 4.78 is 28.4. The zero-order valence-corrected chi connectivity index (χ0v) is 16.0. The summed E-state index contributed by atoms with van der Waals surface area (Å²) in [6.07, 6.45) is 3.60. The Morgan fingerprint density at radius 3 is 2.38 bits per heavy atom. The van der Waals surface area contributed by atoms with Gasteiger partial charge in [0, 0.05) is 12.2 Å². The molecule has 26 heavy (non-hydrogen) atoms. The van der Waals surface area contributed by atoms with Crippen LogP contribution < -0.4 is 5.32 Å². The Morgan fingerprint density at radius 1 is 1.27 bits per heavy atom. The topological polar surface area (TPSA) is 102 Å². The van der Waals surface area contributed by atoms with Gasteiger partial charge in [0.25, 0.3) is 0 Å². The van der Waals surface area contributed by atoms with Crippen LogP contribution in [0.25, 0.3) is 0 Å². The van der Waals surface area contributed by atoms with Crippen molar-refractivity contribution in [2.24, 2.45) is 0 Å². The number of carbonyl (C=O) groups excluding carboxylic acids is 1. The van der Waals surface area contributed by atoms with E-state index in [9.17, 15) is 13.2 Å². The molecule has 1 heterocycles. The first-order chi connectivity index (χ1) is 12.2. The van der Waals surface area contributed by atoms with Crippen LogP contribution in [0.15, 0.2) is 33.7 Å². The Kier molecular flexibility index (Phi) is 4.88. The number of nitrogens with one attached hydrogen (secondary N) is 1. The van der Waals surface area contributed by atoms with Gasteiger partial charge in [-0.3, -0.25) is 4.79 Å². The summed E-state index contributed by atoms with van der Waals surface area (Å²) in [6, 6.07) is 6.59. The monoisotopic (exact) mass is 377 g/mol. The third-order valence-corrected chi connectivity index (χ3v) is 6.01. The second kappa shape index (κ2) is 6.83. The van der Waals surface area contributed by atoms with Crippen LogP contribution in [0, 0.1) is 0 Å². The van der Waals surface area contributed by atoms with E-state index >= 15 is 0 Å². The number of hydrogen-bond donors (Lipinski definition) is 1. The van der Waals surface area contributed by atoms with E-state index < -0.39 is 15.3 Å². The quantitative estimate of drug-likeness (QED) is 0.829. The molecule has 1 aliphatic rings. The van der Waals surface area contributed by atoms with Crippen molar-refractivity contribution in [3.05, 3.63) is 41.5 Å². The first kappa shape index (κ1) is 18.6. The number of sulfone groups is 1. The molecule has 0 spiro atoms. The molecule has 1 aromatic carbocycles. The number of nitrogens with zero attached hydrogens (tertiary/aromatic N) is 2. The van der Waals surface area contributed by atoms with Gasteiger partial charge in [-0.25, -0.2) is 8.42 Å². The number of carbonyl (C=O) groups is 1. The average molecular weight is 377 g/mol. The Labute approximate surface area is 153 Å². The second-order valence-corrected chi connectivity index (χ2v) is 9.13. The number of hydrogen-bond acceptors (Lipinski definition) is 6. The van der Waals surface area contributed by atoms with Gasteiger partial charge >= 0.3 is 0 Å². The van der Waals surface area contributed by atoms with E-state index in [1.54, 1.807) is 24.3 Å². The molecule has 2 aromatic rings. The fourth-order valence-electron chi connectivity index (χ4n) is 3.10. The average Bonchev–Trinajstić information content (AvgIpc) is 3.01. The molecule has 1 fully saturated rings. The molecule has 7 nitrogen and oxygen atoms in total. The zero-order chi connectivity index (χ0) is 18.9. The standard InChI is InChI=1S/C18H23N3O4S/c1-12(2)16-20-15(25-21-16)11-19-17(22)18(9-4-10-18)13-5-7-14(8-6-13)26(3,23)24/h5-8,12H,4,9-11H2,1-3H3,(H,19,22). The van der Waals surface area contributed by atoms with Crippen molar-refractivity contribution in [3.63, 3.8) is 0 Å². The highest BCUT2D eigenvalue weighted by Crippen LogP contribution is 2.44. The van der Waals surface area contributed by atoms with E-state index in [0.29, 0.717) is 11.7 Å². The van der Waals surface area contributed by atoms with E-state index in [2.05, 4.69) is 15.5 Å². The fourth-order valence-corrected chi connectivity index (χ4v) is 3.73. The lowest BCUT2D eigenvalue weighted by atomic mass is 9.64. The predicted octanol–water partition coefficient (Wildman–Crippen LogP) is 2.33. The maximum absolute atomic E-state index is 12.8. The van der Waals surface area contributed by atoms with Gasteiger partial charge in [-0.05, 0) is 30.5 Å². The maximum Gasteiger partial charge on any atom is 0.246 e. The highest BCUT2D eigenvalue weighted by Gasteiger charge is 2.45. The Balaban J connectivity index is 1.73. The third kappa shape index (κ3) is 3.51. The van der Waals surface area contributed by atoms with Crippen LogP contribution in [-0.2, 0) is 26.6 Å². The maximum atomic E-state index is 12.8. The van der Waals surface area contributed by atoms with Crippen LogP contribution in [-0.4, -0.2) is 30.7 Å². The minimum Gasteiger partial charge on any atom is -0.346 e. The Morgan fingerprint density at radius 2 is 1.92 bits per heavy atom. The lowest BCUT2D eigenvalue weighted by Crippen LogP contribution is -2.49. The molecule has 1 aliphatic carbocycles. The van der Waals surface area contributed by atoms with Gasteiger partial charge in [0.15, 0.2) is 15.7 Å². The van der Waals surface area contributed by atoms with Crippen LogP contribution in [0.4, 0.5) is 0 Å². The number of benzene rings is 1. The molecule has 1 saturated carbocycles. The van der Waals surface area contributed by atoms with Crippen LogP contribution in [0.1, 0.15) is 56.3 Å². The molecule has 0 aliphatic heterocycles. The van der Waals surface area contributed by atoms with Crippen LogP contribution in [0.3, 0.4) is 0 Å². The molecule has 1 aromatic heterocycles.